The first kappa shape index (κ1) is 19.4. The summed E-state index contributed by atoms with van der Waals surface area (Å²) in [6.45, 7) is 1.75. The lowest BCUT2D eigenvalue weighted by atomic mass is 9.79. The van der Waals surface area contributed by atoms with Gasteiger partial charge in [0.15, 0.2) is 11.3 Å². The average molecular weight is 432 g/mol. The van der Waals surface area contributed by atoms with Crippen LogP contribution in [0.1, 0.15) is 12.5 Å². The van der Waals surface area contributed by atoms with Gasteiger partial charge in [0.2, 0.25) is 5.91 Å². The van der Waals surface area contributed by atoms with Gasteiger partial charge in [-0.1, -0.05) is 47.5 Å². The second-order valence-corrected chi connectivity index (χ2v) is 7.35. The van der Waals surface area contributed by atoms with Gasteiger partial charge in [-0.2, -0.15) is 5.10 Å². The molecule has 2 aromatic rings. The number of anilines is 1. The Morgan fingerprint density at radius 1 is 1.17 bits per heavy atom. The number of halogens is 2. The van der Waals surface area contributed by atoms with Gasteiger partial charge in [0, 0.05) is 5.02 Å². The highest BCUT2D eigenvalue weighted by molar-refractivity contribution is 6.48. The Morgan fingerprint density at radius 2 is 1.86 bits per heavy atom. The van der Waals surface area contributed by atoms with Gasteiger partial charge >= 0.3 is 5.97 Å². The summed E-state index contributed by atoms with van der Waals surface area (Å²) in [5.74, 6) is -3.17. The van der Waals surface area contributed by atoms with Gasteiger partial charge in [-0.05, 0) is 36.8 Å². The second kappa shape index (κ2) is 7.17. The molecule has 2 aliphatic heterocycles. The molecule has 0 saturated carbocycles. The predicted molar refractivity (Wildman–Crippen MR) is 108 cm³/mol. The van der Waals surface area contributed by atoms with Gasteiger partial charge in [0.1, 0.15) is 5.92 Å². The Labute approximate surface area is 176 Å². The molecule has 1 saturated heterocycles. The van der Waals surface area contributed by atoms with Crippen LogP contribution < -0.4 is 10.3 Å². The summed E-state index contributed by atoms with van der Waals surface area (Å²) >= 11 is 12.2. The van der Waals surface area contributed by atoms with Crippen molar-refractivity contribution in [1.29, 1.82) is 0 Å². The normalized spacial score (nSPS) is 22.9. The summed E-state index contributed by atoms with van der Waals surface area (Å²) in [4.78, 5) is 40.5. The Morgan fingerprint density at radius 3 is 2.52 bits per heavy atom. The zero-order valence-corrected chi connectivity index (χ0v) is 16.7. The lowest BCUT2D eigenvalue weighted by Crippen LogP contribution is -2.48. The molecule has 0 radical (unpaired) electrons. The lowest BCUT2D eigenvalue weighted by molar-refractivity contribution is -0.136. The molecule has 0 unspecified atom stereocenters. The van der Waals surface area contributed by atoms with Crippen LogP contribution in [0.25, 0.3) is 0 Å². The topological polar surface area (TPSA) is 88.1 Å². The van der Waals surface area contributed by atoms with Crippen LogP contribution in [0.15, 0.2) is 53.6 Å². The number of esters is 1. The molecule has 2 heterocycles. The number of carbonyl (C=O) groups excluding carboxylic acids is 3. The van der Waals surface area contributed by atoms with Crippen molar-refractivity contribution in [3.8, 4) is 0 Å². The summed E-state index contributed by atoms with van der Waals surface area (Å²) < 4.78 is 5.04. The predicted octanol–water partition coefficient (Wildman–Crippen LogP) is 2.90. The molecule has 1 N–H and O–H groups in total. The fraction of sp³-hybridized carbons (Fsp3) is 0.200. The summed E-state index contributed by atoms with van der Waals surface area (Å²) in [5.41, 5.74) is 1.67. The number of hydrogen-bond donors (Lipinski definition) is 1. The molecule has 2 aliphatic rings. The van der Waals surface area contributed by atoms with Crippen molar-refractivity contribution in [2.75, 3.05) is 11.5 Å². The number of fused-ring (bicyclic) bond motifs is 1. The van der Waals surface area contributed by atoms with Crippen LogP contribution in [0.2, 0.25) is 10.0 Å². The number of nitrogens with one attached hydrogen (secondary N) is 1. The van der Waals surface area contributed by atoms with Crippen LogP contribution in [0.5, 0.6) is 0 Å². The maximum absolute atomic E-state index is 13.6. The average Bonchev–Trinajstić information content (AvgIpc) is 3.20. The van der Waals surface area contributed by atoms with Crippen LogP contribution in [0, 0.1) is 5.92 Å². The van der Waals surface area contributed by atoms with E-state index in [1.54, 1.807) is 55.5 Å². The van der Waals surface area contributed by atoms with Crippen LogP contribution in [-0.4, -0.2) is 30.1 Å². The van der Waals surface area contributed by atoms with Crippen LogP contribution >= 0.6 is 23.2 Å². The SMILES string of the molecule is CCOC(=O)C1=NN[C@]2(c3ccc(Cl)cc3)C(=O)N(c3ccccc3Cl)C(=O)[C@H]12. The summed E-state index contributed by atoms with van der Waals surface area (Å²) in [6.07, 6.45) is 0. The van der Waals surface area contributed by atoms with Crippen molar-refractivity contribution >= 4 is 52.4 Å². The smallest absolute Gasteiger partial charge is 0.355 e. The molecule has 1 fully saturated rings. The monoisotopic (exact) mass is 431 g/mol. The molecule has 9 heteroatoms. The zero-order chi connectivity index (χ0) is 20.8. The number of benzene rings is 2. The first-order chi connectivity index (χ1) is 13.9. The van der Waals surface area contributed by atoms with Crippen molar-refractivity contribution in [2.45, 2.75) is 12.5 Å². The van der Waals surface area contributed by atoms with E-state index in [9.17, 15) is 14.4 Å². The van der Waals surface area contributed by atoms with E-state index in [1.807, 2.05) is 0 Å². The van der Waals surface area contributed by atoms with Gasteiger partial charge in [-0.25, -0.2) is 9.69 Å². The van der Waals surface area contributed by atoms with Crippen LogP contribution in [-0.2, 0) is 24.7 Å². The van der Waals surface area contributed by atoms with Crippen molar-refractivity contribution in [3.63, 3.8) is 0 Å². The van der Waals surface area contributed by atoms with Gasteiger partial charge in [-0.15, -0.1) is 0 Å². The highest BCUT2D eigenvalue weighted by atomic mass is 35.5. The Bertz CT molecular complexity index is 1050. The third-order valence-corrected chi connectivity index (χ3v) is 5.52. The van der Waals surface area contributed by atoms with Crippen LogP contribution in [0.3, 0.4) is 0 Å². The molecule has 0 aliphatic carbocycles. The highest BCUT2D eigenvalue weighted by Gasteiger charge is 2.67. The highest BCUT2D eigenvalue weighted by Crippen LogP contribution is 2.46. The quantitative estimate of drug-likeness (QED) is 0.593. The van der Waals surface area contributed by atoms with E-state index < -0.39 is 29.2 Å². The molecule has 4 rings (SSSR count). The fourth-order valence-electron chi connectivity index (χ4n) is 3.66. The first-order valence-electron chi connectivity index (χ1n) is 8.82. The Balaban J connectivity index is 1.89. The molecule has 2 atom stereocenters. The molecule has 148 valence electrons. The second-order valence-electron chi connectivity index (χ2n) is 6.51. The number of nitrogens with zero attached hydrogens (tertiary/aromatic N) is 2. The molecule has 0 bridgehead atoms. The van der Waals surface area contributed by atoms with E-state index in [2.05, 4.69) is 10.5 Å². The minimum atomic E-state index is -1.59. The van der Waals surface area contributed by atoms with Crippen molar-refractivity contribution in [2.24, 2.45) is 11.0 Å². The minimum absolute atomic E-state index is 0.106. The van der Waals surface area contributed by atoms with E-state index in [0.717, 1.165) is 4.90 Å². The van der Waals surface area contributed by atoms with E-state index in [4.69, 9.17) is 27.9 Å². The minimum Gasteiger partial charge on any atom is -0.461 e. The molecular weight excluding hydrogens is 417 g/mol. The van der Waals surface area contributed by atoms with Crippen molar-refractivity contribution < 1.29 is 19.1 Å². The Kier molecular flexibility index (Phi) is 4.80. The number of amides is 2. The molecule has 7 nitrogen and oxygen atoms in total. The molecule has 29 heavy (non-hydrogen) atoms. The number of ether oxygens (including phenoxy) is 1. The maximum Gasteiger partial charge on any atom is 0.355 e. The molecular formula is C20H15Cl2N3O4. The summed E-state index contributed by atoms with van der Waals surface area (Å²) in [7, 11) is 0. The fourth-order valence-corrected chi connectivity index (χ4v) is 4.01. The van der Waals surface area contributed by atoms with E-state index in [-0.39, 0.29) is 23.0 Å². The largest absolute Gasteiger partial charge is 0.461 e. The first-order valence-corrected chi connectivity index (χ1v) is 9.58. The number of hydrogen-bond acceptors (Lipinski definition) is 6. The van der Waals surface area contributed by atoms with E-state index >= 15 is 0 Å². The number of carbonyl (C=O) groups is 3. The van der Waals surface area contributed by atoms with E-state index in [1.165, 1.54) is 0 Å². The number of rotatable bonds is 4. The number of imide groups is 1. The summed E-state index contributed by atoms with van der Waals surface area (Å²) in [5, 5.41) is 4.71. The van der Waals surface area contributed by atoms with Gasteiger partial charge in [-0.3, -0.25) is 15.0 Å². The lowest BCUT2D eigenvalue weighted by Gasteiger charge is -2.26. The summed E-state index contributed by atoms with van der Waals surface area (Å²) in [6, 6.07) is 12.9. The zero-order valence-electron chi connectivity index (χ0n) is 15.2. The third kappa shape index (κ3) is 2.81. The third-order valence-electron chi connectivity index (χ3n) is 4.94. The maximum atomic E-state index is 13.6. The van der Waals surface area contributed by atoms with Gasteiger partial charge < -0.3 is 4.74 Å². The van der Waals surface area contributed by atoms with Crippen molar-refractivity contribution in [1.82, 2.24) is 5.43 Å². The van der Waals surface area contributed by atoms with E-state index in [0.29, 0.717) is 10.6 Å². The molecule has 2 amide bonds. The number of hydrazone groups is 1. The van der Waals surface area contributed by atoms with Gasteiger partial charge in [0.05, 0.1) is 17.3 Å². The standard InChI is InChI=1S/C20H15Cl2N3O4/c1-2-29-18(27)16-15-17(26)25(14-6-4-3-5-13(14)22)19(28)20(15,24-23-16)11-7-9-12(21)10-8-11/h3-10,15,24H,2H2,1H3/t15-,20-/m0/s1. The van der Waals surface area contributed by atoms with Crippen LogP contribution in [0.4, 0.5) is 5.69 Å². The van der Waals surface area contributed by atoms with Gasteiger partial charge in [0.25, 0.3) is 5.91 Å². The molecule has 2 aromatic carbocycles. The molecule has 0 aromatic heterocycles. The van der Waals surface area contributed by atoms with Crippen molar-refractivity contribution in [3.05, 3.63) is 64.1 Å². The molecule has 0 spiro atoms. The Hall–Kier alpha value is -2.90. The number of para-hydroxylation sites is 1.